The predicted octanol–water partition coefficient (Wildman–Crippen LogP) is 4.24. The molecule has 1 unspecified atom stereocenters. The molecule has 2 fully saturated rings. The summed E-state index contributed by atoms with van der Waals surface area (Å²) in [4.78, 5) is 36.1. The standard InChI is InChI=1S/C27H27FN4O3/c1-18-7-8-21(16-30-18)35-25-22(6-3-11-29-25)26(34)32-12-9-27(10-13-32)15-24(33)31-17-23(27)19-4-2-5-20(28)14-19/h2-8,11,14,16,23H,9-10,12-13,15,17H2,1H3,(H,31,33). The van der Waals surface area contributed by atoms with Gasteiger partial charge in [-0.3, -0.25) is 14.6 Å². The number of pyridine rings is 2. The molecule has 5 rings (SSSR count). The highest BCUT2D eigenvalue weighted by Crippen LogP contribution is 2.49. The van der Waals surface area contributed by atoms with Crippen LogP contribution >= 0.6 is 0 Å². The summed E-state index contributed by atoms with van der Waals surface area (Å²) in [6.07, 6.45) is 4.88. The van der Waals surface area contributed by atoms with E-state index in [9.17, 15) is 14.0 Å². The first-order valence-corrected chi connectivity index (χ1v) is 11.8. The molecule has 2 amide bonds. The molecule has 0 bridgehead atoms. The molecule has 1 aromatic carbocycles. The molecule has 0 aliphatic carbocycles. The molecular formula is C27H27FN4O3. The number of hydrogen-bond acceptors (Lipinski definition) is 5. The first-order valence-electron chi connectivity index (χ1n) is 11.8. The molecule has 2 saturated heterocycles. The third-order valence-electron chi connectivity index (χ3n) is 7.15. The summed E-state index contributed by atoms with van der Waals surface area (Å²) in [5.41, 5.74) is 1.82. The summed E-state index contributed by atoms with van der Waals surface area (Å²) >= 11 is 0. The number of rotatable bonds is 4. The molecule has 0 radical (unpaired) electrons. The molecule has 7 nitrogen and oxygen atoms in total. The number of halogens is 1. The van der Waals surface area contributed by atoms with Crippen molar-refractivity contribution in [1.82, 2.24) is 20.2 Å². The lowest BCUT2D eigenvalue weighted by molar-refractivity contribution is -0.127. The van der Waals surface area contributed by atoms with E-state index in [1.54, 1.807) is 47.6 Å². The summed E-state index contributed by atoms with van der Waals surface area (Å²) in [5, 5.41) is 2.94. The van der Waals surface area contributed by atoms with Gasteiger partial charge in [-0.25, -0.2) is 9.37 Å². The fourth-order valence-corrected chi connectivity index (χ4v) is 5.24. The Morgan fingerprint density at radius 3 is 2.71 bits per heavy atom. The number of carbonyl (C=O) groups excluding carboxylic acids is 2. The molecule has 2 aliphatic rings. The number of hydrogen-bond donors (Lipinski definition) is 1. The fourth-order valence-electron chi connectivity index (χ4n) is 5.24. The van der Waals surface area contributed by atoms with Gasteiger partial charge in [-0.2, -0.15) is 0 Å². The zero-order valence-corrected chi connectivity index (χ0v) is 19.5. The lowest BCUT2D eigenvalue weighted by atomic mass is 9.62. The maximum atomic E-state index is 14.0. The van der Waals surface area contributed by atoms with Gasteiger partial charge in [-0.05, 0) is 67.1 Å². The van der Waals surface area contributed by atoms with Gasteiger partial charge in [0.25, 0.3) is 5.91 Å². The highest BCUT2D eigenvalue weighted by molar-refractivity contribution is 5.96. The van der Waals surface area contributed by atoms with Gasteiger partial charge in [0.05, 0.1) is 6.20 Å². The maximum Gasteiger partial charge on any atom is 0.259 e. The Morgan fingerprint density at radius 1 is 1.14 bits per heavy atom. The number of nitrogens with zero attached hydrogens (tertiary/aromatic N) is 3. The minimum atomic E-state index is -0.311. The van der Waals surface area contributed by atoms with E-state index in [4.69, 9.17) is 4.74 Å². The zero-order valence-electron chi connectivity index (χ0n) is 19.5. The molecule has 1 N–H and O–H groups in total. The monoisotopic (exact) mass is 474 g/mol. The minimum absolute atomic E-state index is 0.000486. The first kappa shape index (κ1) is 23.0. The quantitative estimate of drug-likeness (QED) is 0.611. The van der Waals surface area contributed by atoms with Crippen molar-refractivity contribution in [2.75, 3.05) is 19.6 Å². The van der Waals surface area contributed by atoms with E-state index >= 15 is 0 Å². The number of amides is 2. The van der Waals surface area contributed by atoms with Crippen LogP contribution in [0.1, 0.15) is 46.8 Å². The van der Waals surface area contributed by atoms with Crippen LogP contribution in [0.2, 0.25) is 0 Å². The van der Waals surface area contributed by atoms with Gasteiger partial charge in [0.2, 0.25) is 11.8 Å². The normalized spacial score (nSPS) is 19.3. The lowest BCUT2D eigenvalue weighted by Crippen LogP contribution is -2.53. The van der Waals surface area contributed by atoms with Gasteiger partial charge in [0, 0.05) is 43.9 Å². The van der Waals surface area contributed by atoms with E-state index in [-0.39, 0.29) is 34.8 Å². The highest BCUT2D eigenvalue weighted by Gasteiger charge is 2.47. The summed E-state index contributed by atoms with van der Waals surface area (Å²) in [7, 11) is 0. The van der Waals surface area contributed by atoms with Crippen LogP contribution in [0.3, 0.4) is 0 Å². The van der Waals surface area contributed by atoms with Crippen molar-refractivity contribution in [3.05, 3.63) is 83.6 Å². The molecule has 4 heterocycles. The molecule has 3 aromatic rings. The van der Waals surface area contributed by atoms with E-state index in [1.807, 2.05) is 19.1 Å². The second-order valence-electron chi connectivity index (χ2n) is 9.34. The summed E-state index contributed by atoms with van der Waals surface area (Å²) in [5.74, 6) is 0.303. The van der Waals surface area contributed by atoms with Crippen molar-refractivity contribution in [3.63, 3.8) is 0 Å². The first-order chi connectivity index (χ1) is 16.9. The highest BCUT2D eigenvalue weighted by atomic mass is 19.1. The van der Waals surface area contributed by atoms with E-state index in [0.29, 0.717) is 50.2 Å². The van der Waals surface area contributed by atoms with Crippen molar-refractivity contribution in [2.45, 2.75) is 32.1 Å². The van der Waals surface area contributed by atoms with Crippen molar-refractivity contribution < 1.29 is 18.7 Å². The summed E-state index contributed by atoms with van der Waals surface area (Å²) < 4.78 is 19.8. The molecule has 35 heavy (non-hydrogen) atoms. The Balaban J connectivity index is 1.34. The predicted molar refractivity (Wildman–Crippen MR) is 128 cm³/mol. The van der Waals surface area contributed by atoms with E-state index < -0.39 is 0 Å². The average Bonchev–Trinajstić information content (AvgIpc) is 2.86. The summed E-state index contributed by atoms with van der Waals surface area (Å²) in [6, 6.07) is 13.7. The minimum Gasteiger partial charge on any atom is -0.437 e. The number of aryl methyl sites for hydroxylation is 1. The Bertz CT molecular complexity index is 1240. The van der Waals surface area contributed by atoms with Crippen molar-refractivity contribution >= 4 is 11.8 Å². The van der Waals surface area contributed by atoms with Crippen molar-refractivity contribution in [1.29, 1.82) is 0 Å². The molecule has 1 spiro atoms. The Labute approximate surface area is 203 Å². The van der Waals surface area contributed by atoms with E-state index in [1.165, 1.54) is 6.07 Å². The molecule has 1 atom stereocenters. The van der Waals surface area contributed by atoms with Gasteiger partial charge in [-0.15, -0.1) is 0 Å². The number of likely N-dealkylation sites (tertiary alicyclic amines) is 1. The Hall–Kier alpha value is -3.81. The van der Waals surface area contributed by atoms with Gasteiger partial charge in [0.1, 0.15) is 17.1 Å². The van der Waals surface area contributed by atoms with Crippen LogP contribution in [0.25, 0.3) is 0 Å². The van der Waals surface area contributed by atoms with Gasteiger partial charge in [-0.1, -0.05) is 12.1 Å². The number of benzene rings is 1. The summed E-state index contributed by atoms with van der Waals surface area (Å²) in [6.45, 7) is 3.36. The van der Waals surface area contributed by atoms with Crippen LogP contribution in [-0.2, 0) is 4.79 Å². The SMILES string of the molecule is Cc1ccc(Oc2ncccc2C(=O)N2CCC3(CC2)CC(=O)NCC3c2cccc(F)c2)cn1. The van der Waals surface area contributed by atoms with Gasteiger partial charge < -0.3 is 15.0 Å². The smallest absolute Gasteiger partial charge is 0.259 e. The van der Waals surface area contributed by atoms with Crippen LogP contribution in [-0.4, -0.2) is 46.3 Å². The zero-order chi connectivity index (χ0) is 24.4. The molecule has 2 aromatic heterocycles. The molecule has 0 saturated carbocycles. The number of piperidine rings is 2. The van der Waals surface area contributed by atoms with Crippen LogP contribution in [0, 0.1) is 18.2 Å². The second kappa shape index (κ2) is 9.44. The molecule has 2 aliphatic heterocycles. The van der Waals surface area contributed by atoms with Gasteiger partial charge in [0.15, 0.2) is 0 Å². The molecule has 180 valence electrons. The third kappa shape index (κ3) is 4.73. The number of carbonyl (C=O) groups is 2. The molecule has 8 heteroatoms. The van der Waals surface area contributed by atoms with Crippen LogP contribution < -0.4 is 10.1 Å². The third-order valence-corrected chi connectivity index (χ3v) is 7.15. The van der Waals surface area contributed by atoms with Crippen LogP contribution in [0.5, 0.6) is 11.6 Å². The largest absolute Gasteiger partial charge is 0.437 e. The van der Waals surface area contributed by atoms with Crippen LogP contribution in [0.15, 0.2) is 60.9 Å². The second-order valence-corrected chi connectivity index (χ2v) is 9.34. The number of nitrogens with one attached hydrogen (secondary N) is 1. The topological polar surface area (TPSA) is 84.4 Å². The number of ether oxygens (including phenoxy) is 1. The van der Waals surface area contributed by atoms with Gasteiger partial charge >= 0.3 is 0 Å². The van der Waals surface area contributed by atoms with E-state index in [2.05, 4.69) is 15.3 Å². The van der Waals surface area contributed by atoms with Crippen LogP contribution in [0.4, 0.5) is 4.39 Å². The van der Waals surface area contributed by atoms with Crippen molar-refractivity contribution in [2.24, 2.45) is 5.41 Å². The van der Waals surface area contributed by atoms with Crippen molar-refractivity contribution in [3.8, 4) is 11.6 Å². The maximum absolute atomic E-state index is 14.0. The van der Waals surface area contributed by atoms with E-state index in [0.717, 1.165) is 11.3 Å². The average molecular weight is 475 g/mol. The molecular weight excluding hydrogens is 447 g/mol. The fraction of sp³-hybridized carbons (Fsp3) is 0.333. The Morgan fingerprint density at radius 2 is 1.97 bits per heavy atom. The number of aromatic nitrogens is 2. The lowest BCUT2D eigenvalue weighted by Gasteiger charge is -2.49. The Kier molecular flexibility index (Phi) is 6.19.